The first-order valence-corrected chi connectivity index (χ1v) is 14.7. The third-order valence-electron chi connectivity index (χ3n) is 6.57. The Hall–Kier alpha value is -3.85. The minimum atomic E-state index is -4.14. The molecule has 1 atom stereocenters. The van der Waals surface area contributed by atoms with Crippen molar-refractivity contribution in [1.82, 2.24) is 10.2 Å². The second kappa shape index (κ2) is 13.5. The van der Waals surface area contributed by atoms with Gasteiger partial charge in [0.1, 0.15) is 18.3 Å². The number of rotatable bonds is 12. The molecule has 3 rings (SSSR count). The first-order chi connectivity index (χ1) is 18.9. The summed E-state index contributed by atoms with van der Waals surface area (Å²) in [7, 11) is -2.63. The molecule has 0 spiro atoms. The molecule has 0 bridgehead atoms. The Morgan fingerprint density at radius 3 is 1.93 bits per heavy atom. The van der Waals surface area contributed by atoms with Crippen molar-refractivity contribution >= 4 is 27.5 Å². The van der Waals surface area contributed by atoms with Crippen LogP contribution < -0.4 is 14.4 Å². The predicted octanol–water partition coefficient (Wildman–Crippen LogP) is 4.70. The van der Waals surface area contributed by atoms with Gasteiger partial charge in [-0.05, 0) is 68.7 Å². The van der Waals surface area contributed by atoms with Gasteiger partial charge in [-0.3, -0.25) is 13.9 Å². The molecular formula is C31H39N3O5S. The van der Waals surface area contributed by atoms with Gasteiger partial charge in [0.2, 0.25) is 11.8 Å². The minimum Gasteiger partial charge on any atom is -0.497 e. The highest BCUT2D eigenvalue weighted by Gasteiger charge is 2.32. The molecular weight excluding hydrogens is 526 g/mol. The maximum Gasteiger partial charge on any atom is 0.264 e. The lowest BCUT2D eigenvalue weighted by molar-refractivity contribution is -0.139. The van der Waals surface area contributed by atoms with Crippen LogP contribution in [0.15, 0.2) is 77.7 Å². The van der Waals surface area contributed by atoms with E-state index < -0.39 is 28.5 Å². The summed E-state index contributed by atoms with van der Waals surface area (Å²) in [5.41, 5.74) is 3.21. The van der Waals surface area contributed by atoms with Gasteiger partial charge in [0, 0.05) is 13.1 Å². The Morgan fingerprint density at radius 1 is 0.850 bits per heavy atom. The van der Waals surface area contributed by atoms with E-state index >= 15 is 0 Å². The molecule has 0 fully saturated rings. The molecule has 0 heterocycles. The normalized spacial score (nSPS) is 12.1. The zero-order valence-electron chi connectivity index (χ0n) is 24.0. The van der Waals surface area contributed by atoms with Gasteiger partial charge in [-0.1, -0.05) is 61.4 Å². The number of aryl methyl sites for hydroxylation is 2. The Kier molecular flexibility index (Phi) is 10.3. The molecule has 8 nitrogen and oxygen atoms in total. The van der Waals surface area contributed by atoms with Crippen molar-refractivity contribution in [2.24, 2.45) is 5.92 Å². The molecule has 0 saturated heterocycles. The summed E-state index contributed by atoms with van der Waals surface area (Å²) < 4.78 is 34.0. The molecule has 214 valence electrons. The lowest BCUT2D eigenvalue weighted by Crippen LogP contribution is -2.51. The van der Waals surface area contributed by atoms with E-state index in [2.05, 4.69) is 5.32 Å². The second-order valence-corrected chi connectivity index (χ2v) is 12.2. The fourth-order valence-electron chi connectivity index (χ4n) is 4.04. The van der Waals surface area contributed by atoms with E-state index in [-0.39, 0.29) is 23.3 Å². The van der Waals surface area contributed by atoms with Crippen LogP contribution in [0.2, 0.25) is 0 Å². The highest BCUT2D eigenvalue weighted by Crippen LogP contribution is 2.26. The molecule has 0 unspecified atom stereocenters. The van der Waals surface area contributed by atoms with Gasteiger partial charge in [0.15, 0.2) is 0 Å². The Balaban J connectivity index is 2.00. The van der Waals surface area contributed by atoms with Crippen molar-refractivity contribution in [2.45, 2.75) is 52.1 Å². The Labute approximate surface area is 238 Å². The molecule has 0 radical (unpaired) electrons. The van der Waals surface area contributed by atoms with Crippen LogP contribution in [0.25, 0.3) is 0 Å². The second-order valence-electron chi connectivity index (χ2n) is 10.3. The van der Waals surface area contributed by atoms with Crippen molar-refractivity contribution in [3.05, 3.63) is 89.5 Å². The van der Waals surface area contributed by atoms with E-state index in [1.165, 1.54) is 24.1 Å². The largest absolute Gasteiger partial charge is 0.497 e. The van der Waals surface area contributed by atoms with Crippen molar-refractivity contribution in [3.63, 3.8) is 0 Å². The molecule has 2 amide bonds. The van der Waals surface area contributed by atoms with Crippen molar-refractivity contribution in [3.8, 4) is 5.75 Å². The van der Waals surface area contributed by atoms with Gasteiger partial charge in [-0.15, -0.1) is 0 Å². The van der Waals surface area contributed by atoms with Crippen molar-refractivity contribution < 1.29 is 22.7 Å². The topological polar surface area (TPSA) is 96.0 Å². The minimum absolute atomic E-state index is 0.0227. The summed E-state index contributed by atoms with van der Waals surface area (Å²) in [5.74, 6) is -0.0361. The van der Waals surface area contributed by atoms with Gasteiger partial charge in [0.25, 0.3) is 10.0 Å². The molecule has 0 aliphatic heterocycles. The number of carbonyl (C=O) groups excluding carboxylic acids is 2. The zero-order valence-corrected chi connectivity index (χ0v) is 24.9. The number of benzene rings is 3. The summed E-state index contributed by atoms with van der Waals surface area (Å²) in [6.45, 7) is 9.65. The smallest absolute Gasteiger partial charge is 0.264 e. The number of sulfonamides is 1. The predicted molar refractivity (Wildman–Crippen MR) is 158 cm³/mol. The standard InChI is InChI=1S/C31H39N3O5S/c1-22(2)19-32-31(36)25(5)33(20-26-11-7-23(3)8-12-26)30(35)21-34(27-13-9-24(4)10-14-27)40(37,38)29-17-15-28(39-6)16-18-29/h7-18,22,25H,19-21H2,1-6H3,(H,32,36)/t25-/m0/s1. The van der Waals surface area contributed by atoms with E-state index in [9.17, 15) is 18.0 Å². The van der Waals surface area contributed by atoms with Crippen molar-refractivity contribution in [1.29, 1.82) is 0 Å². The number of amides is 2. The van der Waals surface area contributed by atoms with Gasteiger partial charge in [-0.25, -0.2) is 8.42 Å². The van der Waals surface area contributed by atoms with Crippen LogP contribution in [0, 0.1) is 19.8 Å². The average molecular weight is 566 g/mol. The molecule has 9 heteroatoms. The van der Waals surface area contributed by atoms with Gasteiger partial charge in [-0.2, -0.15) is 0 Å². The van der Waals surface area contributed by atoms with Crippen molar-refractivity contribution in [2.75, 3.05) is 24.5 Å². The highest BCUT2D eigenvalue weighted by atomic mass is 32.2. The van der Waals surface area contributed by atoms with E-state index in [0.29, 0.717) is 18.0 Å². The zero-order chi connectivity index (χ0) is 29.4. The third-order valence-corrected chi connectivity index (χ3v) is 8.36. The quantitative estimate of drug-likeness (QED) is 0.344. The van der Waals surface area contributed by atoms with Gasteiger partial charge >= 0.3 is 0 Å². The molecule has 1 N–H and O–H groups in total. The number of hydrogen-bond donors (Lipinski definition) is 1. The number of nitrogens with zero attached hydrogens (tertiary/aromatic N) is 2. The van der Waals surface area contributed by atoms with Crippen LogP contribution in [0.4, 0.5) is 5.69 Å². The summed E-state index contributed by atoms with van der Waals surface area (Å²) in [6.07, 6.45) is 0. The van der Waals surface area contributed by atoms with Gasteiger partial charge < -0.3 is 15.0 Å². The van der Waals surface area contributed by atoms with Crippen LogP contribution in [0.3, 0.4) is 0 Å². The third kappa shape index (κ3) is 7.85. The fourth-order valence-corrected chi connectivity index (χ4v) is 5.45. The van der Waals surface area contributed by atoms with E-state index in [4.69, 9.17) is 4.74 Å². The lowest BCUT2D eigenvalue weighted by Gasteiger charge is -2.32. The summed E-state index contributed by atoms with van der Waals surface area (Å²) in [6, 6.07) is 19.8. The monoisotopic (exact) mass is 565 g/mol. The van der Waals surface area contributed by atoms with E-state index in [1.807, 2.05) is 52.0 Å². The van der Waals surface area contributed by atoms with Crippen LogP contribution in [0.5, 0.6) is 5.75 Å². The number of anilines is 1. The molecule has 0 saturated carbocycles. The number of ether oxygens (including phenoxy) is 1. The molecule has 0 aliphatic carbocycles. The summed E-state index contributed by atoms with van der Waals surface area (Å²) in [5, 5.41) is 2.89. The van der Waals surface area contributed by atoms with Gasteiger partial charge in [0.05, 0.1) is 17.7 Å². The molecule has 40 heavy (non-hydrogen) atoms. The van der Waals surface area contributed by atoms with Crippen LogP contribution >= 0.6 is 0 Å². The number of carbonyl (C=O) groups is 2. The van der Waals surface area contributed by atoms with Crippen LogP contribution in [0.1, 0.15) is 37.5 Å². The Morgan fingerprint density at radius 2 is 1.40 bits per heavy atom. The molecule has 0 aliphatic rings. The Bertz CT molecular complexity index is 1390. The van der Waals surface area contributed by atoms with Crippen LogP contribution in [-0.2, 0) is 26.2 Å². The average Bonchev–Trinajstić information content (AvgIpc) is 2.94. The number of nitrogens with one attached hydrogen (secondary N) is 1. The van der Waals surface area contributed by atoms with Crippen LogP contribution in [-0.4, -0.2) is 51.4 Å². The fraction of sp³-hybridized carbons (Fsp3) is 0.355. The SMILES string of the molecule is COc1ccc(S(=O)(=O)N(CC(=O)N(Cc2ccc(C)cc2)[C@@H](C)C(=O)NCC(C)C)c2ccc(C)cc2)cc1. The highest BCUT2D eigenvalue weighted by molar-refractivity contribution is 7.92. The molecule has 3 aromatic rings. The maximum absolute atomic E-state index is 13.9. The number of hydrogen-bond acceptors (Lipinski definition) is 5. The molecule has 3 aromatic carbocycles. The summed E-state index contributed by atoms with van der Waals surface area (Å²) in [4.78, 5) is 28.5. The number of methoxy groups -OCH3 is 1. The van der Waals surface area contributed by atoms with E-state index in [1.54, 1.807) is 43.3 Å². The first-order valence-electron chi connectivity index (χ1n) is 13.3. The first kappa shape index (κ1) is 30.7. The van der Waals surface area contributed by atoms with E-state index in [0.717, 1.165) is 21.0 Å². The summed E-state index contributed by atoms with van der Waals surface area (Å²) >= 11 is 0. The molecule has 0 aromatic heterocycles. The maximum atomic E-state index is 13.9. The lowest BCUT2D eigenvalue weighted by atomic mass is 10.1.